The lowest BCUT2D eigenvalue weighted by Gasteiger charge is -2.23. The fraction of sp³-hybridized carbons (Fsp3) is 0.333. The zero-order chi connectivity index (χ0) is 12.5. The Kier molecular flexibility index (Phi) is 3.36. The van der Waals surface area contributed by atoms with Crippen molar-refractivity contribution >= 4 is 23.2 Å². The highest BCUT2D eigenvalue weighted by Gasteiger charge is 2.22. The first kappa shape index (κ1) is 12.7. The molecule has 5 heteroatoms. The Bertz CT molecular complexity index is 394. The summed E-state index contributed by atoms with van der Waals surface area (Å²) in [6.07, 6.45) is 11.7. The highest BCUT2D eigenvalue weighted by atomic mass is 35.5. The number of alkyl halides is 2. The standard InChI is InChI=1S/C12H14Cl2N2O/c13-11(15)5-1-9(2-6-11)17-10-3-7-12(14,16)8-4-10/h1-5,7H,6,8,15-16H2. The second-order valence-corrected chi connectivity index (χ2v) is 5.65. The van der Waals surface area contributed by atoms with Gasteiger partial charge in [0.1, 0.15) is 21.5 Å². The average molecular weight is 273 g/mol. The molecule has 2 aliphatic carbocycles. The van der Waals surface area contributed by atoms with Gasteiger partial charge in [-0.2, -0.15) is 0 Å². The van der Waals surface area contributed by atoms with Gasteiger partial charge in [-0.15, -0.1) is 0 Å². The van der Waals surface area contributed by atoms with E-state index in [0.29, 0.717) is 12.8 Å². The molecule has 17 heavy (non-hydrogen) atoms. The molecule has 0 radical (unpaired) electrons. The van der Waals surface area contributed by atoms with Crippen LogP contribution in [0.1, 0.15) is 12.8 Å². The minimum absolute atomic E-state index is 0.535. The van der Waals surface area contributed by atoms with Crippen molar-refractivity contribution in [2.45, 2.75) is 22.8 Å². The third kappa shape index (κ3) is 3.61. The monoisotopic (exact) mass is 272 g/mol. The van der Waals surface area contributed by atoms with Crippen LogP contribution < -0.4 is 11.5 Å². The van der Waals surface area contributed by atoms with E-state index in [1.807, 2.05) is 12.2 Å². The smallest absolute Gasteiger partial charge is 0.123 e. The minimum Gasteiger partial charge on any atom is -0.458 e. The highest BCUT2D eigenvalue weighted by molar-refractivity contribution is 6.25. The highest BCUT2D eigenvalue weighted by Crippen LogP contribution is 2.27. The van der Waals surface area contributed by atoms with Crippen LogP contribution in [0.15, 0.2) is 48.0 Å². The lowest BCUT2D eigenvalue weighted by atomic mass is 10.1. The maximum atomic E-state index is 5.95. The number of hydrogen-bond donors (Lipinski definition) is 2. The van der Waals surface area contributed by atoms with Crippen LogP contribution in [-0.4, -0.2) is 10.00 Å². The maximum absolute atomic E-state index is 5.95. The summed E-state index contributed by atoms with van der Waals surface area (Å²) in [5.41, 5.74) is 11.4. The van der Waals surface area contributed by atoms with Crippen molar-refractivity contribution in [3.63, 3.8) is 0 Å². The van der Waals surface area contributed by atoms with Gasteiger partial charge in [-0.1, -0.05) is 23.2 Å². The van der Waals surface area contributed by atoms with Crippen molar-refractivity contribution in [3.05, 3.63) is 48.0 Å². The van der Waals surface area contributed by atoms with E-state index in [1.54, 1.807) is 24.3 Å². The van der Waals surface area contributed by atoms with Crippen LogP contribution in [0.25, 0.3) is 0 Å². The van der Waals surface area contributed by atoms with Gasteiger partial charge in [0.2, 0.25) is 0 Å². The zero-order valence-electron chi connectivity index (χ0n) is 9.20. The molecule has 2 unspecified atom stereocenters. The van der Waals surface area contributed by atoms with Gasteiger partial charge >= 0.3 is 0 Å². The first-order valence-electron chi connectivity index (χ1n) is 5.29. The van der Waals surface area contributed by atoms with Crippen molar-refractivity contribution in [3.8, 4) is 0 Å². The third-order valence-electron chi connectivity index (χ3n) is 2.52. The lowest BCUT2D eigenvalue weighted by Crippen LogP contribution is -2.31. The van der Waals surface area contributed by atoms with E-state index < -0.39 is 10.00 Å². The molecule has 0 bridgehead atoms. The summed E-state index contributed by atoms with van der Waals surface area (Å²) >= 11 is 11.9. The van der Waals surface area contributed by atoms with E-state index in [-0.39, 0.29) is 0 Å². The Hall–Kier alpha value is -0.740. The first-order chi connectivity index (χ1) is 7.86. The van der Waals surface area contributed by atoms with Gasteiger partial charge in [0, 0.05) is 12.8 Å². The quantitative estimate of drug-likeness (QED) is 0.600. The molecule has 0 fully saturated rings. The molecule has 0 amide bonds. The molecule has 0 heterocycles. The molecular formula is C12H14Cl2N2O. The van der Waals surface area contributed by atoms with Gasteiger partial charge in [0.25, 0.3) is 0 Å². The molecule has 4 N–H and O–H groups in total. The van der Waals surface area contributed by atoms with Crippen molar-refractivity contribution in [1.29, 1.82) is 0 Å². The van der Waals surface area contributed by atoms with Crippen LogP contribution in [-0.2, 0) is 4.74 Å². The summed E-state index contributed by atoms with van der Waals surface area (Å²) < 4.78 is 5.64. The van der Waals surface area contributed by atoms with E-state index in [9.17, 15) is 0 Å². The predicted molar refractivity (Wildman–Crippen MR) is 70.3 cm³/mol. The molecule has 2 aliphatic rings. The molecule has 0 saturated carbocycles. The topological polar surface area (TPSA) is 61.3 Å². The van der Waals surface area contributed by atoms with Crippen LogP contribution in [0.3, 0.4) is 0 Å². The largest absolute Gasteiger partial charge is 0.458 e. The SMILES string of the molecule is NC1(Cl)C=CC(OC2=CCC(N)(Cl)C=C2)=CC1. The van der Waals surface area contributed by atoms with Crippen LogP contribution in [0.4, 0.5) is 0 Å². The molecular weight excluding hydrogens is 259 g/mol. The van der Waals surface area contributed by atoms with Crippen LogP contribution in [0.2, 0.25) is 0 Å². The van der Waals surface area contributed by atoms with Crippen LogP contribution >= 0.6 is 23.2 Å². The summed E-state index contributed by atoms with van der Waals surface area (Å²) in [7, 11) is 0. The van der Waals surface area contributed by atoms with Crippen LogP contribution in [0, 0.1) is 0 Å². The van der Waals surface area contributed by atoms with E-state index in [0.717, 1.165) is 11.5 Å². The number of hydrogen-bond acceptors (Lipinski definition) is 3. The lowest BCUT2D eigenvalue weighted by molar-refractivity contribution is 0.326. The molecule has 92 valence electrons. The normalized spacial score (nSPS) is 36.5. The van der Waals surface area contributed by atoms with Gasteiger partial charge in [0.15, 0.2) is 0 Å². The Labute approximate surface area is 110 Å². The summed E-state index contributed by atoms with van der Waals surface area (Å²) in [5, 5.41) is 0. The van der Waals surface area contributed by atoms with Crippen molar-refractivity contribution in [2.75, 3.05) is 0 Å². The molecule has 0 saturated heterocycles. The minimum atomic E-state index is -0.799. The molecule has 2 rings (SSSR count). The van der Waals surface area contributed by atoms with Gasteiger partial charge in [0.05, 0.1) is 0 Å². The number of rotatable bonds is 2. The van der Waals surface area contributed by atoms with E-state index in [2.05, 4.69) is 0 Å². The van der Waals surface area contributed by atoms with Gasteiger partial charge in [-0.05, 0) is 36.5 Å². The summed E-state index contributed by atoms with van der Waals surface area (Å²) in [5.74, 6) is 1.45. The second-order valence-electron chi connectivity index (χ2n) is 4.24. The molecule has 2 atom stereocenters. The molecule has 3 nitrogen and oxygen atoms in total. The number of halogens is 2. The zero-order valence-corrected chi connectivity index (χ0v) is 10.7. The van der Waals surface area contributed by atoms with Gasteiger partial charge in [-0.25, -0.2) is 0 Å². The second kappa shape index (κ2) is 4.50. The Morgan fingerprint density at radius 1 is 0.941 bits per heavy atom. The molecule has 0 spiro atoms. The Morgan fingerprint density at radius 2 is 1.35 bits per heavy atom. The maximum Gasteiger partial charge on any atom is 0.123 e. The van der Waals surface area contributed by atoms with E-state index in [4.69, 9.17) is 39.4 Å². The fourth-order valence-corrected chi connectivity index (χ4v) is 1.80. The number of allylic oxidation sites excluding steroid dienone is 2. The van der Waals surface area contributed by atoms with E-state index >= 15 is 0 Å². The van der Waals surface area contributed by atoms with Gasteiger partial charge in [-0.3, -0.25) is 0 Å². The molecule has 0 aromatic heterocycles. The predicted octanol–water partition coefficient (Wildman–Crippen LogP) is 2.48. The summed E-state index contributed by atoms with van der Waals surface area (Å²) in [6.45, 7) is 0. The first-order valence-corrected chi connectivity index (χ1v) is 6.04. The molecule has 0 aromatic rings. The van der Waals surface area contributed by atoms with E-state index in [1.165, 1.54) is 0 Å². The average Bonchev–Trinajstić information content (AvgIpc) is 2.24. The fourth-order valence-electron chi connectivity index (χ4n) is 1.51. The third-order valence-corrected chi connectivity index (χ3v) is 3.08. The Balaban J connectivity index is 1.97. The van der Waals surface area contributed by atoms with Crippen LogP contribution in [0.5, 0.6) is 0 Å². The molecule has 0 aromatic carbocycles. The van der Waals surface area contributed by atoms with Crippen molar-refractivity contribution in [2.24, 2.45) is 11.5 Å². The number of ether oxygens (including phenoxy) is 1. The van der Waals surface area contributed by atoms with Crippen molar-refractivity contribution < 1.29 is 4.74 Å². The Morgan fingerprint density at radius 3 is 1.65 bits per heavy atom. The summed E-state index contributed by atoms with van der Waals surface area (Å²) in [4.78, 5) is -1.60. The van der Waals surface area contributed by atoms with Crippen molar-refractivity contribution in [1.82, 2.24) is 0 Å². The number of nitrogens with two attached hydrogens (primary N) is 2. The summed E-state index contributed by atoms with van der Waals surface area (Å²) in [6, 6.07) is 0. The van der Waals surface area contributed by atoms with Gasteiger partial charge < -0.3 is 16.2 Å². The molecule has 0 aliphatic heterocycles.